The van der Waals surface area contributed by atoms with Crippen molar-refractivity contribution in [1.29, 1.82) is 0 Å². The van der Waals surface area contributed by atoms with Crippen molar-refractivity contribution >= 4 is 11.3 Å². The van der Waals surface area contributed by atoms with Crippen molar-refractivity contribution in [2.45, 2.75) is 39.8 Å². The van der Waals surface area contributed by atoms with Gasteiger partial charge < -0.3 is 5.32 Å². The molecule has 0 radical (unpaired) electrons. The second kappa shape index (κ2) is 5.67. The van der Waals surface area contributed by atoms with Gasteiger partial charge in [0.25, 0.3) is 0 Å². The van der Waals surface area contributed by atoms with Gasteiger partial charge in [-0.15, -0.1) is 11.3 Å². The van der Waals surface area contributed by atoms with Gasteiger partial charge in [0.05, 0.1) is 6.20 Å². The number of aryl methyl sites for hydroxylation is 2. The van der Waals surface area contributed by atoms with E-state index in [9.17, 15) is 0 Å². The molecule has 0 aliphatic carbocycles. The first kappa shape index (κ1) is 13.3. The van der Waals surface area contributed by atoms with E-state index in [-0.39, 0.29) is 0 Å². The molecule has 0 aliphatic rings. The van der Waals surface area contributed by atoms with E-state index in [1.165, 1.54) is 21.0 Å². The first-order valence-corrected chi connectivity index (χ1v) is 7.23. The maximum Gasteiger partial charge on any atom is 0.0540 e. The van der Waals surface area contributed by atoms with Crippen LogP contribution in [-0.2, 0) is 20.0 Å². The summed E-state index contributed by atoms with van der Waals surface area (Å²) >= 11 is 1.90. The first-order valence-electron chi connectivity index (χ1n) is 6.41. The third-order valence-electron chi connectivity index (χ3n) is 3.39. The highest BCUT2D eigenvalue weighted by molar-refractivity contribution is 7.11. The lowest BCUT2D eigenvalue weighted by Gasteiger charge is -2.12. The predicted molar refractivity (Wildman–Crippen MR) is 76.9 cm³/mol. The Morgan fingerprint density at radius 2 is 2.11 bits per heavy atom. The molecule has 0 saturated carbocycles. The van der Waals surface area contributed by atoms with Gasteiger partial charge in [0.15, 0.2) is 0 Å². The van der Waals surface area contributed by atoms with Crippen LogP contribution in [0.2, 0.25) is 0 Å². The van der Waals surface area contributed by atoms with Crippen LogP contribution >= 0.6 is 11.3 Å². The summed E-state index contributed by atoms with van der Waals surface area (Å²) in [6, 6.07) is 4.78. The largest absolute Gasteiger partial charge is 0.305 e. The Morgan fingerprint density at radius 3 is 2.67 bits per heavy atom. The van der Waals surface area contributed by atoms with Gasteiger partial charge in [-0.25, -0.2) is 0 Å². The fourth-order valence-electron chi connectivity index (χ4n) is 2.01. The third kappa shape index (κ3) is 2.82. The monoisotopic (exact) mass is 263 g/mol. The predicted octanol–water partition coefficient (Wildman–Crippen LogP) is 3.20. The summed E-state index contributed by atoms with van der Waals surface area (Å²) in [7, 11) is 1.98. The van der Waals surface area contributed by atoms with E-state index in [2.05, 4.69) is 43.3 Å². The number of nitrogens with zero attached hydrogens (tertiary/aromatic N) is 2. The molecule has 0 bridgehead atoms. The van der Waals surface area contributed by atoms with E-state index in [1.807, 2.05) is 29.3 Å². The van der Waals surface area contributed by atoms with Crippen LogP contribution in [0.5, 0.6) is 0 Å². The number of rotatable bonds is 5. The van der Waals surface area contributed by atoms with Crippen LogP contribution in [0.4, 0.5) is 0 Å². The van der Waals surface area contributed by atoms with Crippen LogP contribution in [0.3, 0.4) is 0 Å². The third-order valence-corrected chi connectivity index (χ3v) is 4.62. The second-order valence-corrected chi connectivity index (χ2v) is 5.89. The van der Waals surface area contributed by atoms with Gasteiger partial charge in [-0.2, -0.15) is 5.10 Å². The van der Waals surface area contributed by atoms with E-state index >= 15 is 0 Å². The molecule has 0 fully saturated rings. The smallest absolute Gasteiger partial charge is 0.0540 e. The summed E-state index contributed by atoms with van der Waals surface area (Å²) in [5.74, 6) is 0. The van der Waals surface area contributed by atoms with Gasteiger partial charge in [-0.3, -0.25) is 4.68 Å². The summed E-state index contributed by atoms with van der Waals surface area (Å²) in [4.78, 5) is 2.86. The van der Waals surface area contributed by atoms with E-state index in [4.69, 9.17) is 0 Å². The van der Waals surface area contributed by atoms with Gasteiger partial charge in [0.2, 0.25) is 0 Å². The molecule has 1 unspecified atom stereocenters. The first-order chi connectivity index (χ1) is 8.61. The molecule has 1 N–H and O–H groups in total. The van der Waals surface area contributed by atoms with Gasteiger partial charge in [0.1, 0.15) is 0 Å². The summed E-state index contributed by atoms with van der Waals surface area (Å²) in [6.45, 7) is 7.43. The molecule has 2 aromatic heterocycles. The number of hydrogen-bond donors (Lipinski definition) is 1. The minimum atomic E-state index is 0.339. The lowest BCUT2D eigenvalue weighted by atomic mass is 10.1. The molecule has 0 aromatic carbocycles. The van der Waals surface area contributed by atoms with Crippen LogP contribution < -0.4 is 5.32 Å². The number of nitrogens with one attached hydrogen (secondary N) is 1. The summed E-state index contributed by atoms with van der Waals surface area (Å²) in [5.41, 5.74) is 2.51. The molecule has 4 heteroatoms. The van der Waals surface area contributed by atoms with Crippen molar-refractivity contribution in [3.63, 3.8) is 0 Å². The Balaban J connectivity index is 1.95. The maximum absolute atomic E-state index is 4.29. The van der Waals surface area contributed by atoms with Crippen molar-refractivity contribution in [2.75, 3.05) is 0 Å². The molecule has 0 amide bonds. The van der Waals surface area contributed by atoms with Crippen molar-refractivity contribution in [3.05, 3.63) is 39.3 Å². The Morgan fingerprint density at radius 1 is 1.39 bits per heavy atom. The molecule has 0 aliphatic heterocycles. The van der Waals surface area contributed by atoms with E-state index in [0.29, 0.717) is 6.04 Å². The van der Waals surface area contributed by atoms with Gasteiger partial charge in [-0.05, 0) is 32.4 Å². The zero-order chi connectivity index (χ0) is 13.1. The van der Waals surface area contributed by atoms with Gasteiger partial charge >= 0.3 is 0 Å². The molecule has 2 aromatic rings. The topological polar surface area (TPSA) is 29.9 Å². The van der Waals surface area contributed by atoms with Crippen LogP contribution in [0.25, 0.3) is 0 Å². The lowest BCUT2D eigenvalue weighted by Crippen LogP contribution is -2.18. The highest BCUT2D eigenvalue weighted by Crippen LogP contribution is 2.20. The molecule has 2 heterocycles. The summed E-state index contributed by atoms with van der Waals surface area (Å²) in [6.07, 6.45) is 3.08. The minimum Gasteiger partial charge on any atom is -0.305 e. The fourth-order valence-corrected chi connectivity index (χ4v) is 2.92. The Kier molecular flexibility index (Phi) is 4.19. The molecule has 1 atom stereocenters. The van der Waals surface area contributed by atoms with Gasteiger partial charge in [-0.1, -0.05) is 6.92 Å². The maximum atomic E-state index is 4.29. The molecule has 18 heavy (non-hydrogen) atoms. The van der Waals surface area contributed by atoms with E-state index in [1.54, 1.807) is 0 Å². The zero-order valence-electron chi connectivity index (χ0n) is 11.5. The number of aromatic nitrogens is 2. The average Bonchev–Trinajstić information content (AvgIpc) is 2.95. The van der Waals surface area contributed by atoms with Crippen molar-refractivity contribution < 1.29 is 0 Å². The normalized spacial score (nSPS) is 12.9. The fraction of sp³-hybridized carbons (Fsp3) is 0.500. The zero-order valence-corrected chi connectivity index (χ0v) is 12.3. The van der Waals surface area contributed by atoms with Crippen LogP contribution in [0, 0.1) is 6.92 Å². The molecule has 3 nitrogen and oxygen atoms in total. The van der Waals surface area contributed by atoms with Gasteiger partial charge in [0, 0.05) is 40.6 Å². The molecular formula is C14H21N3S. The van der Waals surface area contributed by atoms with Crippen LogP contribution in [-0.4, -0.2) is 9.78 Å². The Labute approximate surface area is 113 Å². The van der Waals surface area contributed by atoms with Crippen molar-refractivity contribution in [1.82, 2.24) is 15.1 Å². The number of hydrogen-bond acceptors (Lipinski definition) is 3. The van der Waals surface area contributed by atoms with E-state index < -0.39 is 0 Å². The minimum absolute atomic E-state index is 0.339. The van der Waals surface area contributed by atoms with E-state index in [0.717, 1.165) is 13.0 Å². The summed E-state index contributed by atoms with van der Waals surface area (Å²) in [5, 5.41) is 7.85. The van der Waals surface area contributed by atoms with Crippen molar-refractivity contribution in [3.8, 4) is 0 Å². The Bertz CT molecular complexity index is 513. The average molecular weight is 263 g/mol. The second-order valence-electron chi connectivity index (χ2n) is 4.63. The molecular weight excluding hydrogens is 242 g/mol. The number of thiophene rings is 1. The summed E-state index contributed by atoms with van der Waals surface area (Å²) < 4.78 is 1.92. The SMILES string of the molecule is CCc1ccc(CNC(C)c2cnn(C)c2C)s1. The lowest BCUT2D eigenvalue weighted by molar-refractivity contribution is 0.574. The van der Waals surface area contributed by atoms with Crippen molar-refractivity contribution in [2.24, 2.45) is 7.05 Å². The molecule has 98 valence electrons. The highest BCUT2D eigenvalue weighted by atomic mass is 32.1. The standard InChI is InChI=1S/C14H21N3S/c1-5-12-6-7-13(18-12)8-15-10(2)14-9-16-17(4)11(14)3/h6-7,9-10,15H,5,8H2,1-4H3. The molecule has 2 rings (SSSR count). The molecule has 0 spiro atoms. The van der Waals surface area contributed by atoms with Crippen LogP contribution in [0.1, 0.15) is 40.9 Å². The Hall–Kier alpha value is -1.13. The van der Waals surface area contributed by atoms with Crippen LogP contribution in [0.15, 0.2) is 18.3 Å². The highest BCUT2D eigenvalue weighted by Gasteiger charge is 2.11. The quantitative estimate of drug-likeness (QED) is 0.897. The molecule has 0 saturated heterocycles.